The largest absolute Gasteiger partial charge is 0.379 e. The number of ether oxygens (including phenoxy) is 1. The molecule has 2 aromatic rings. The number of para-hydroxylation sites is 1. The number of aryl methyl sites for hydroxylation is 1. The highest BCUT2D eigenvalue weighted by molar-refractivity contribution is 5.60. The van der Waals surface area contributed by atoms with E-state index in [1.165, 1.54) is 16.8 Å². The summed E-state index contributed by atoms with van der Waals surface area (Å²) < 4.78 is 7.29. The summed E-state index contributed by atoms with van der Waals surface area (Å²) in [7, 11) is 0. The Hall–Kier alpha value is -2.11. The van der Waals surface area contributed by atoms with Crippen LogP contribution >= 0.6 is 0 Å². The van der Waals surface area contributed by atoms with Crippen molar-refractivity contribution in [2.45, 2.75) is 19.4 Å². The lowest BCUT2D eigenvalue weighted by molar-refractivity contribution is 0.0356. The maximum Gasteiger partial charge on any atom is 0.0647 e. The standard InChI is InChI=1S/C20H26N4O/c1-3-24-15-17(16(2)21-24)13-23-14-18(12-22-8-10-25-11-9-22)19-6-4-5-7-20(19)23/h3-7,15,18H,1,8-14H2,2H3/t18-/m0/s1. The molecule has 0 aliphatic carbocycles. The smallest absolute Gasteiger partial charge is 0.0647 e. The Morgan fingerprint density at radius 1 is 1.28 bits per heavy atom. The van der Waals surface area contributed by atoms with Gasteiger partial charge in [-0.1, -0.05) is 24.8 Å². The van der Waals surface area contributed by atoms with Crippen molar-refractivity contribution in [2.24, 2.45) is 0 Å². The van der Waals surface area contributed by atoms with Crippen molar-refractivity contribution in [2.75, 3.05) is 44.3 Å². The fraction of sp³-hybridized carbons (Fsp3) is 0.450. The second-order valence-corrected chi connectivity index (χ2v) is 6.95. The number of aromatic nitrogens is 2. The number of hydrogen-bond donors (Lipinski definition) is 0. The lowest BCUT2D eigenvalue weighted by Gasteiger charge is -2.29. The van der Waals surface area contributed by atoms with E-state index in [0.29, 0.717) is 5.92 Å². The minimum Gasteiger partial charge on any atom is -0.379 e. The lowest BCUT2D eigenvalue weighted by atomic mass is 10.0. The van der Waals surface area contributed by atoms with Gasteiger partial charge in [0.05, 0.1) is 18.9 Å². The molecule has 0 unspecified atom stereocenters. The Morgan fingerprint density at radius 3 is 2.84 bits per heavy atom. The van der Waals surface area contributed by atoms with Crippen molar-refractivity contribution in [1.29, 1.82) is 0 Å². The van der Waals surface area contributed by atoms with E-state index in [1.807, 2.05) is 0 Å². The van der Waals surface area contributed by atoms with Crippen molar-refractivity contribution in [1.82, 2.24) is 14.7 Å². The average molecular weight is 338 g/mol. The van der Waals surface area contributed by atoms with Crippen molar-refractivity contribution in [3.63, 3.8) is 0 Å². The van der Waals surface area contributed by atoms with Crippen LogP contribution in [0.4, 0.5) is 5.69 Å². The van der Waals surface area contributed by atoms with Crippen LogP contribution in [-0.2, 0) is 11.3 Å². The maximum absolute atomic E-state index is 5.49. The molecule has 5 heteroatoms. The van der Waals surface area contributed by atoms with Gasteiger partial charge >= 0.3 is 0 Å². The first-order chi connectivity index (χ1) is 12.2. The zero-order chi connectivity index (χ0) is 17.2. The molecule has 2 aliphatic heterocycles. The van der Waals surface area contributed by atoms with Gasteiger partial charge in [0, 0.05) is 62.3 Å². The Bertz CT molecular complexity index is 748. The van der Waals surface area contributed by atoms with Crippen molar-refractivity contribution in [3.05, 3.63) is 53.9 Å². The van der Waals surface area contributed by atoms with Crippen LogP contribution in [0.2, 0.25) is 0 Å². The van der Waals surface area contributed by atoms with Crippen LogP contribution in [0.1, 0.15) is 22.7 Å². The third kappa shape index (κ3) is 3.34. The molecule has 0 radical (unpaired) electrons. The van der Waals surface area contributed by atoms with Crippen LogP contribution in [0.25, 0.3) is 6.20 Å². The summed E-state index contributed by atoms with van der Waals surface area (Å²) in [6.07, 6.45) is 3.83. The van der Waals surface area contributed by atoms with Crippen molar-refractivity contribution >= 4 is 11.9 Å². The SMILES string of the molecule is C=Cn1cc(CN2C[C@H](CN3CCOCC3)c3ccccc32)c(C)n1. The van der Waals surface area contributed by atoms with Gasteiger partial charge in [0.15, 0.2) is 0 Å². The molecule has 0 amide bonds. The molecule has 1 saturated heterocycles. The molecular formula is C20H26N4O. The van der Waals surface area contributed by atoms with E-state index in [2.05, 4.69) is 58.9 Å². The van der Waals surface area contributed by atoms with Gasteiger partial charge in [0.1, 0.15) is 0 Å². The third-order valence-electron chi connectivity index (χ3n) is 5.31. The van der Waals surface area contributed by atoms with E-state index in [0.717, 1.165) is 51.6 Å². The molecule has 0 spiro atoms. The monoisotopic (exact) mass is 338 g/mol. The van der Waals surface area contributed by atoms with Gasteiger partial charge in [0.25, 0.3) is 0 Å². The molecule has 25 heavy (non-hydrogen) atoms. The van der Waals surface area contributed by atoms with E-state index in [9.17, 15) is 0 Å². The number of hydrogen-bond acceptors (Lipinski definition) is 4. The number of fused-ring (bicyclic) bond motifs is 1. The maximum atomic E-state index is 5.49. The van der Waals surface area contributed by atoms with Crippen LogP contribution in [0.5, 0.6) is 0 Å². The molecule has 2 aliphatic rings. The van der Waals surface area contributed by atoms with Crippen LogP contribution in [-0.4, -0.2) is 54.1 Å². The number of benzene rings is 1. The number of morpholine rings is 1. The molecule has 1 aromatic heterocycles. The topological polar surface area (TPSA) is 33.5 Å². The van der Waals surface area contributed by atoms with Crippen LogP contribution < -0.4 is 4.90 Å². The highest BCUT2D eigenvalue weighted by Gasteiger charge is 2.30. The van der Waals surface area contributed by atoms with E-state index in [1.54, 1.807) is 10.9 Å². The summed E-state index contributed by atoms with van der Waals surface area (Å²) in [6.45, 7) is 12.8. The molecule has 1 fully saturated rings. The van der Waals surface area contributed by atoms with Crippen LogP contribution in [0, 0.1) is 6.92 Å². The quantitative estimate of drug-likeness (QED) is 0.839. The summed E-state index contributed by atoms with van der Waals surface area (Å²) in [6, 6.07) is 8.85. The second-order valence-electron chi connectivity index (χ2n) is 6.95. The minimum absolute atomic E-state index is 0.559. The van der Waals surface area contributed by atoms with Crippen molar-refractivity contribution in [3.8, 4) is 0 Å². The summed E-state index contributed by atoms with van der Waals surface area (Å²) in [5.41, 5.74) is 5.19. The number of anilines is 1. The Balaban J connectivity index is 1.53. The molecule has 0 N–H and O–H groups in total. The van der Waals surface area contributed by atoms with Gasteiger partial charge in [-0.2, -0.15) is 5.10 Å². The van der Waals surface area contributed by atoms with Crippen LogP contribution in [0.3, 0.4) is 0 Å². The minimum atomic E-state index is 0.559. The molecule has 0 saturated carbocycles. The molecule has 132 valence electrons. The van der Waals surface area contributed by atoms with Gasteiger partial charge < -0.3 is 9.64 Å². The zero-order valence-electron chi connectivity index (χ0n) is 14.9. The Morgan fingerprint density at radius 2 is 2.08 bits per heavy atom. The summed E-state index contributed by atoms with van der Waals surface area (Å²) in [4.78, 5) is 5.04. The first-order valence-corrected chi connectivity index (χ1v) is 9.06. The predicted octanol–water partition coefficient (Wildman–Crippen LogP) is 2.73. The Kier molecular flexibility index (Phi) is 4.59. The number of rotatable bonds is 5. The molecular weight excluding hydrogens is 312 g/mol. The number of nitrogens with zero attached hydrogens (tertiary/aromatic N) is 4. The van der Waals surface area contributed by atoms with Gasteiger partial charge in [-0.05, 0) is 18.6 Å². The molecule has 1 atom stereocenters. The van der Waals surface area contributed by atoms with Gasteiger partial charge in [-0.3, -0.25) is 4.90 Å². The molecule has 4 rings (SSSR count). The summed E-state index contributed by atoms with van der Waals surface area (Å²) in [5, 5.41) is 4.49. The molecule has 1 aromatic carbocycles. The van der Waals surface area contributed by atoms with E-state index >= 15 is 0 Å². The van der Waals surface area contributed by atoms with Gasteiger partial charge in [-0.15, -0.1) is 0 Å². The zero-order valence-corrected chi connectivity index (χ0v) is 14.9. The lowest BCUT2D eigenvalue weighted by Crippen LogP contribution is -2.39. The summed E-state index contributed by atoms with van der Waals surface area (Å²) >= 11 is 0. The second kappa shape index (κ2) is 7.02. The first kappa shape index (κ1) is 16.4. The van der Waals surface area contributed by atoms with Crippen LogP contribution in [0.15, 0.2) is 37.0 Å². The Labute approximate surface area is 149 Å². The van der Waals surface area contributed by atoms with Gasteiger partial charge in [-0.25, -0.2) is 4.68 Å². The highest BCUT2D eigenvalue weighted by atomic mass is 16.5. The van der Waals surface area contributed by atoms with Crippen molar-refractivity contribution < 1.29 is 4.74 Å². The first-order valence-electron chi connectivity index (χ1n) is 9.06. The fourth-order valence-corrected chi connectivity index (χ4v) is 3.96. The van der Waals surface area contributed by atoms with E-state index < -0.39 is 0 Å². The molecule has 0 bridgehead atoms. The van der Waals surface area contributed by atoms with E-state index in [-0.39, 0.29) is 0 Å². The van der Waals surface area contributed by atoms with Gasteiger partial charge in [0.2, 0.25) is 0 Å². The third-order valence-corrected chi connectivity index (χ3v) is 5.31. The normalized spacial score (nSPS) is 20.7. The summed E-state index contributed by atoms with van der Waals surface area (Å²) in [5.74, 6) is 0.559. The fourth-order valence-electron chi connectivity index (χ4n) is 3.96. The average Bonchev–Trinajstić information content (AvgIpc) is 3.17. The molecule has 3 heterocycles. The van der Waals surface area contributed by atoms with E-state index in [4.69, 9.17) is 4.74 Å². The molecule has 5 nitrogen and oxygen atoms in total. The highest BCUT2D eigenvalue weighted by Crippen LogP contribution is 2.37. The predicted molar refractivity (Wildman–Crippen MR) is 101 cm³/mol.